The molecular formula is C8H8N2O2S. The molecule has 0 fully saturated rings. The molecule has 2 aromatic rings. The molecule has 13 heavy (non-hydrogen) atoms. The summed E-state index contributed by atoms with van der Waals surface area (Å²) in [5, 5.41) is 1.97. The van der Waals surface area contributed by atoms with Gasteiger partial charge in [-0.15, -0.1) is 11.3 Å². The van der Waals surface area contributed by atoms with Crippen LogP contribution in [-0.4, -0.2) is 15.4 Å². The van der Waals surface area contributed by atoms with E-state index >= 15 is 0 Å². The standard InChI is InChI=1S/C8H8N2O2S/c1-6(11)12-5-7-9-4-8-10(7)2-3-13-8/h2-4H,5H2,1H3. The number of carbonyl (C=O) groups excluding carboxylic acids is 1. The van der Waals surface area contributed by atoms with Gasteiger partial charge in [0.05, 0.1) is 6.20 Å². The number of hydrogen-bond acceptors (Lipinski definition) is 4. The van der Waals surface area contributed by atoms with Crippen LogP contribution in [0.4, 0.5) is 0 Å². The maximum absolute atomic E-state index is 10.6. The van der Waals surface area contributed by atoms with Crippen molar-refractivity contribution in [2.75, 3.05) is 0 Å². The minimum absolute atomic E-state index is 0.236. The van der Waals surface area contributed by atoms with Crippen molar-refractivity contribution in [2.24, 2.45) is 0 Å². The summed E-state index contributed by atoms with van der Waals surface area (Å²) in [7, 11) is 0. The average Bonchev–Trinajstić information content (AvgIpc) is 2.60. The lowest BCUT2D eigenvalue weighted by atomic mass is 10.6. The van der Waals surface area contributed by atoms with Crippen LogP contribution in [0.5, 0.6) is 0 Å². The van der Waals surface area contributed by atoms with Crippen LogP contribution in [0.1, 0.15) is 12.7 Å². The number of esters is 1. The van der Waals surface area contributed by atoms with E-state index in [2.05, 4.69) is 4.98 Å². The minimum Gasteiger partial charge on any atom is -0.458 e. The molecule has 0 aromatic carbocycles. The topological polar surface area (TPSA) is 43.6 Å². The van der Waals surface area contributed by atoms with Gasteiger partial charge in [0.2, 0.25) is 0 Å². The molecule has 0 saturated heterocycles. The monoisotopic (exact) mass is 196 g/mol. The second-order valence-electron chi connectivity index (χ2n) is 2.57. The van der Waals surface area contributed by atoms with E-state index in [1.54, 1.807) is 17.5 Å². The quantitative estimate of drug-likeness (QED) is 0.683. The lowest BCUT2D eigenvalue weighted by Crippen LogP contribution is -2.01. The van der Waals surface area contributed by atoms with Crippen LogP contribution in [0.15, 0.2) is 17.8 Å². The summed E-state index contributed by atoms with van der Waals surface area (Å²) < 4.78 is 6.76. The highest BCUT2D eigenvalue weighted by molar-refractivity contribution is 7.15. The molecule has 0 spiro atoms. The summed E-state index contributed by atoms with van der Waals surface area (Å²) in [4.78, 5) is 15.7. The summed E-state index contributed by atoms with van der Waals surface area (Å²) in [6.07, 6.45) is 3.68. The van der Waals surface area contributed by atoms with Crippen molar-refractivity contribution >= 4 is 22.1 Å². The molecule has 0 atom stereocenters. The Hall–Kier alpha value is -1.36. The highest BCUT2D eigenvalue weighted by atomic mass is 32.1. The van der Waals surface area contributed by atoms with Gasteiger partial charge in [-0.2, -0.15) is 0 Å². The van der Waals surface area contributed by atoms with Crippen molar-refractivity contribution in [3.63, 3.8) is 0 Å². The van der Waals surface area contributed by atoms with Crippen molar-refractivity contribution in [3.8, 4) is 0 Å². The van der Waals surface area contributed by atoms with Crippen molar-refractivity contribution in [1.29, 1.82) is 0 Å². The number of ether oxygens (including phenoxy) is 1. The fourth-order valence-corrected chi connectivity index (χ4v) is 1.78. The van der Waals surface area contributed by atoms with E-state index in [4.69, 9.17) is 4.74 Å². The van der Waals surface area contributed by atoms with Crippen LogP contribution in [0, 0.1) is 0 Å². The molecule has 2 aromatic heterocycles. The van der Waals surface area contributed by atoms with Gasteiger partial charge in [-0.1, -0.05) is 0 Å². The normalized spacial score (nSPS) is 10.5. The third kappa shape index (κ3) is 1.55. The highest BCUT2D eigenvalue weighted by Crippen LogP contribution is 2.13. The van der Waals surface area contributed by atoms with E-state index in [0.29, 0.717) is 0 Å². The van der Waals surface area contributed by atoms with Crippen molar-refractivity contribution < 1.29 is 9.53 Å². The molecule has 0 unspecified atom stereocenters. The fraction of sp³-hybridized carbons (Fsp3) is 0.250. The minimum atomic E-state index is -0.285. The SMILES string of the molecule is CC(=O)OCc1ncc2sccn12. The van der Waals surface area contributed by atoms with Gasteiger partial charge < -0.3 is 4.74 Å². The van der Waals surface area contributed by atoms with Crippen LogP contribution < -0.4 is 0 Å². The molecule has 4 nitrogen and oxygen atoms in total. The summed E-state index contributed by atoms with van der Waals surface area (Å²) in [6.45, 7) is 1.62. The van der Waals surface area contributed by atoms with Gasteiger partial charge in [-0.25, -0.2) is 4.98 Å². The molecule has 0 aliphatic heterocycles. The van der Waals surface area contributed by atoms with Gasteiger partial charge in [0.25, 0.3) is 0 Å². The van der Waals surface area contributed by atoms with Gasteiger partial charge in [0.15, 0.2) is 5.82 Å². The lowest BCUT2D eigenvalue weighted by Gasteiger charge is -1.98. The first-order chi connectivity index (χ1) is 6.27. The van der Waals surface area contributed by atoms with Gasteiger partial charge >= 0.3 is 5.97 Å². The molecule has 2 rings (SSSR count). The molecule has 0 saturated carbocycles. The van der Waals surface area contributed by atoms with Gasteiger partial charge in [0.1, 0.15) is 11.4 Å². The Kier molecular flexibility index (Phi) is 2.02. The predicted molar refractivity (Wildman–Crippen MR) is 48.5 cm³/mol. The average molecular weight is 196 g/mol. The van der Waals surface area contributed by atoms with E-state index in [9.17, 15) is 4.79 Å². The summed E-state index contributed by atoms with van der Waals surface area (Å²) in [5.41, 5.74) is 0. The Bertz CT molecular complexity index is 432. The number of thiazole rings is 1. The first-order valence-corrected chi connectivity index (χ1v) is 4.68. The van der Waals surface area contributed by atoms with Crippen LogP contribution in [0.2, 0.25) is 0 Å². The fourth-order valence-electron chi connectivity index (χ4n) is 1.06. The number of fused-ring (bicyclic) bond motifs is 1. The number of hydrogen-bond donors (Lipinski definition) is 0. The Labute approximate surface area is 78.8 Å². The number of rotatable bonds is 2. The molecular weight excluding hydrogens is 188 g/mol. The molecule has 0 radical (unpaired) electrons. The maximum atomic E-state index is 10.6. The van der Waals surface area contributed by atoms with Crippen LogP contribution in [-0.2, 0) is 16.1 Å². The van der Waals surface area contributed by atoms with Crippen LogP contribution >= 0.6 is 11.3 Å². The van der Waals surface area contributed by atoms with E-state index in [1.807, 2.05) is 16.0 Å². The Morgan fingerprint density at radius 3 is 3.38 bits per heavy atom. The maximum Gasteiger partial charge on any atom is 0.303 e. The van der Waals surface area contributed by atoms with Gasteiger partial charge in [-0.3, -0.25) is 9.20 Å². The zero-order valence-electron chi connectivity index (χ0n) is 7.06. The molecule has 5 heteroatoms. The number of carbonyl (C=O) groups is 1. The first kappa shape index (κ1) is 8.25. The van der Waals surface area contributed by atoms with E-state index < -0.39 is 0 Å². The van der Waals surface area contributed by atoms with E-state index in [-0.39, 0.29) is 12.6 Å². The molecule has 0 N–H and O–H groups in total. The Balaban J connectivity index is 2.23. The third-order valence-corrected chi connectivity index (χ3v) is 2.44. The molecule has 0 amide bonds. The van der Waals surface area contributed by atoms with E-state index in [0.717, 1.165) is 10.7 Å². The number of aromatic nitrogens is 2. The highest BCUT2D eigenvalue weighted by Gasteiger charge is 2.04. The van der Waals surface area contributed by atoms with Gasteiger partial charge in [-0.05, 0) is 0 Å². The first-order valence-electron chi connectivity index (χ1n) is 3.80. The van der Waals surface area contributed by atoms with Crippen molar-refractivity contribution in [3.05, 3.63) is 23.6 Å². The number of nitrogens with zero attached hydrogens (tertiary/aromatic N) is 2. The summed E-state index contributed by atoms with van der Waals surface area (Å²) in [6, 6.07) is 0. The van der Waals surface area contributed by atoms with Crippen molar-refractivity contribution in [1.82, 2.24) is 9.38 Å². The molecule has 0 aliphatic rings. The van der Waals surface area contributed by atoms with E-state index in [1.165, 1.54) is 6.92 Å². The Morgan fingerprint density at radius 2 is 2.62 bits per heavy atom. The lowest BCUT2D eigenvalue weighted by molar-refractivity contribution is -0.142. The van der Waals surface area contributed by atoms with Gasteiger partial charge in [0, 0.05) is 18.5 Å². The zero-order valence-corrected chi connectivity index (χ0v) is 7.87. The molecule has 0 bridgehead atoms. The second kappa shape index (κ2) is 3.18. The summed E-state index contributed by atoms with van der Waals surface area (Å²) in [5.74, 6) is 0.471. The predicted octanol–water partition coefficient (Wildman–Crippen LogP) is 1.46. The molecule has 68 valence electrons. The molecule has 2 heterocycles. The Morgan fingerprint density at radius 1 is 1.77 bits per heavy atom. The largest absolute Gasteiger partial charge is 0.458 e. The smallest absolute Gasteiger partial charge is 0.303 e. The van der Waals surface area contributed by atoms with Crippen LogP contribution in [0.3, 0.4) is 0 Å². The third-order valence-electron chi connectivity index (χ3n) is 1.64. The zero-order chi connectivity index (χ0) is 9.26. The van der Waals surface area contributed by atoms with Crippen molar-refractivity contribution in [2.45, 2.75) is 13.5 Å². The van der Waals surface area contributed by atoms with Crippen LogP contribution in [0.25, 0.3) is 4.83 Å². The second-order valence-corrected chi connectivity index (χ2v) is 3.49. The summed E-state index contributed by atoms with van der Waals surface area (Å²) >= 11 is 1.60. The number of imidazole rings is 1. The molecule has 0 aliphatic carbocycles.